The molecule has 3 rings (SSSR count). The van der Waals surface area contributed by atoms with E-state index in [1.54, 1.807) is 0 Å². The quantitative estimate of drug-likeness (QED) is 0.791. The van der Waals surface area contributed by atoms with Gasteiger partial charge in [0.2, 0.25) is 0 Å². The molecular weight excluding hydrogens is 204 g/mol. The Kier molecular flexibility index (Phi) is 2.27. The van der Waals surface area contributed by atoms with Crippen molar-refractivity contribution in [2.45, 2.75) is 12.5 Å². The van der Waals surface area contributed by atoms with E-state index in [1.807, 2.05) is 29.7 Å². The van der Waals surface area contributed by atoms with Crippen molar-refractivity contribution in [1.29, 1.82) is 0 Å². The molecule has 1 N–H and O–H groups in total. The molecule has 1 aliphatic rings. The minimum absolute atomic E-state index is 0.293. The maximum Gasteiger partial charge on any atom is 0.0762 e. The lowest BCUT2D eigenvalue weighted by molar-refractivity contribution is 0.563. The predicted molar refractivity (Wildman–Crippen MR) is 62.1 cm³/mol. The maximum absolute atomic E-state index is 4.42. The van der Waals surface area contributed by atoms with Gasteiger partial charge < -0.3 is 5.32 Å². The fourth-order valence-electron chi connectivity index (χ4n) is 2.06. The zero-order valence-electron chi connectivity index (χ0n) is 8.31. The summed E-state index contributed by atoms with van der Waals surface area (Å²) in [5, 5.41) is 5.70. The number of nitrogens with zero attached hydrogens (tertiary/aromatic N) is 1. The predicted octanol–water partition coefficient (Wildman–Crippen LogP) is 2.38. The molecule has 0 aromatic carbocycles. The van der Waals surface area contributed by atoms with Crippen molar-refractivity contribution in [3.8, 4) is 0 Å². The average molecular weight is 216 g/mol. The van der Waals surface area contributed by atoms with Crippen LogP contribution in [-0.2, 0) is 6.42 Å². The highest BCUT2D eigenvalue weighted by atomic mass is 32.1. The lowest BCUT2D eigenvalue weighted by Gasteiger charge is -2.23. The third-order valence-electron chi connectivity index (χ3n) is 2.77. The van der Waals surface area contributed by atoms with Crippen molar-refractivity contribution in [3.63, 3.8) is 0 Å². The number of pyridine rings is 1. The largest absolute Gasteiger partial charge is 0.305 e. The lowest BCUT2D eigenvalue weighted by Crippen LogP contribution is -2.29. The number of hydrogen-bond donors (Lipinski definition) is 1. The van der Waals surface area contributed by atoms with Gasteiger partial charge in [0.15, 0.2) is 0 Å². The van der Waals surface area contributed by atoms with E-state index < -0.39 is 0 Å². The summed E-state index contributed by atoms with van der Waals surface area (Å²) in [4.78, 5) is 5.93. The molecule has 0 spiro atoms. The van der Waals surface area contributed by atoms with E-state index in [9.17, 15) is 0 Å². The van der Waals surface area contributed by atoms with Gasteiger partial charge >= 0.3 is 0 Å². The second kappa shape index (κ2) is 3.76. The Hall–Kier alpha value is -1.19. The summed E-state index contributed by atoms with van der Waals surface area (Å²) in [6, 6.07) is 8.60. The number of thiophene rings is 1. The van der Waals surface area contributed by atoms with Crippen LogP contribution in [0.5, 0.6) is 0 Å². The van der Waals surface area contributed by atoms with E-state index in [4.69, 9.17) is 0 Å². The number of fused-ring (bicyclic) bond motifs is 1. The van der Waals surface area contributed by atoms with Crippen LogP contribution in [0.15, 0.2) is 35.8 Å². The van der Waals surface area contributed by atoms with Crippen molar-refractivity contribution in [1.82, 2.24) is 10.3 Å². The summed E-state index contributed by atoms with van der Waals surface area (Å²) in [5.74, 6) is 0. The standard InChI is InChI=1S/C12H12N2S/c1-2-6-13-10(3-1)12-9-5-8-15-11(9)4-7-14-12/h1-3,5-6,8,12,14H,4,7H2. The molecule has 3 heteroatoms. The molecule has 0 fully saturated rings. The summed E-state index contributed by atoms with van der Waals surface area (Å²) in [6.45, 7) is 1.05. The molecule has 1 atom stereocenters. The van der Waals surface area contributed by atoms with Crippen LogP contribution in [0.25, 0.3) is 0 Å². The van der Waals surface area contributed by atoms with Gasteiger partial charge in [-0.15, -0.1) is 11.3 Å². The van der Waals surface area contributed by atoms with Crippen LogP contribution in [0.2, 0.25) is 0 Å². The molecule has 1 aliphatic heterocycles. The van der Waals surface area contributed by atoms with E-state index >= 15 is 0 Å². The van der Waals surface area contributed by atoms with Crippen molar-refractivity contribution in [3.05, 3.63) is 52.0 Å². The third-order valence-corrected chi connectivity index (χ3v) is 3.77. The van der Waals surface area contributed by atoms with Crippen molar-refractivity contribution < 1.29 is 0 Å². The van der Waals surface area contributed by atoms with Crippen molar-refractivity contribution in [2.24, 2.45) is 0 Å². The summed E-state index contributed by atoms with van der Waals surface area (Å²) < 4.78 is 0. The zero-order valence-corrected chi connectivity index (χ0v) is 9.13. The Labute approximate surface area is 93.0 Å². The fourth-order valence-corrected chi connectivity index (χ4v) is 2.98. The third kappa shape index (κ3) is 1.58. The normalized spacial score (nSPS) is 19.9. The molecule has 1 unspecified atom stereocenters. The van der Waals surface area contributed by atoms with Gasteiger partial charge in [-0.2, -0.15) is 0 Å². The molecule has 0 bridgehead atoms. The van der Waals surface area contributed by atoms with Crippen molar-refractivity contribution in [2.75, 3.05) is 6.54 Å². The number of rotatable bonds is 1. The first kappa shape index (κ1) is 9.07. The van der Waals surface area contributed by atoms with Crippen molar-refractivity contribution >= 4 is 11.3 Å². The molecule has 0 saturated heterocycles. The Morgan fingerprint density at radius 2 is 2.33 bits per heavy atom. The molecule has 0 aliphatic carbocycles. The molecule has 2 aromatic heterocycles. The van der Waals surface area contributed by atoms with Gasteiger partial charge in [0.25, 0.3) is 0 Å². The molecule has 2 aromatic rings. The minimum Gasteiger partial charge on any atom is -0.305 e. The zero-order chi connectivity index (χ0) is 10.1. The highest BCUT2D eigenvalue weighted by molar-refractivity contribution is 7.10. The second-order valence-corrected chi connectivity index (χ2v) is 4.69. The molecule has 76 valence electrons. The van der Waals surface area contributed by atoms with E-state index in [0.29, 0.717) is 6.04 Å². The molecule has 2 nitrogen and oxygen atoms in total. The first-order valence-corrected chi connectivity index (χ1v) is 6.04. The van der Waals surface area contributed by atoms with Crippen LogP contribution in [0.4, 0.5) is 0 Å². The summed E-state index contributed by atoms with van der Waals surface area (Å²) >= 11 is 1.86. The second-order valence-electron chi connectivity index (χ2n) is 3.69. The summed E-state index contributed by atoms with van der Waals surface area (Å²) in [5.41, 5.74) is 2.53. The van der Waals surface area contributed by atoms with Crippen LogP contribution >= 0.6 is 11.3 Å². The van der Waals surface area contributed by atoms with Gasteiger partial charge in [0.05, 0.1) is 11.7 Å². The molecular formula is C12H12N2S. The number of aromatic nitrogens is 1. The van der Waals surface area contributed by atoms with E-state index in [-0.39, 0.29) is 0 Å². The monoisotopic (exact) mass is 216 g/mol. The summed E-state index contributed by atoms with van der Waals surface area (Å²) in [7, 11) is 0. The number of nitrogens with one attached hydrogen (secondary N) is 1. The van der Waals surface area contributed by atoms with Crippen LogP contribution in [0.1, 0.15) is 22.2 Å². The van der Waals surface area contributed by atoms with E-state index in [0.717, 1.165) is 18.7 Å². The van der Waals surface area contributed by atoms with E-state index in [1.165, 1.54) is 10.4 Å². The van der Waals surface area contributed by atoms with Crippen LogP contribution in [0.3, 0.4) is 0 Å². The van der Waals surface area contributed by atoms with Gasteiger partial charge in [-0.3, -0.25) is 4.98 Å². The average Bonchev–Trinajstić information content (AvgIpc) is 2.78. The van der Waals surface area contributed by atoms with Crippen LogP contribution in [-0.4, -0.2) is 11.5 Å². The SMILES string of the molecule is c1ccc(C2NCCc3sccc32)nc1. The Balaban J connectivity index is 2.03. The first-order chi connectivity index (χ1) is 7.45. The van der Waals surface area contributed by atoms with E-state index in [2.05, 4.69) is 27.8 Å². The Morgan fingerprint density at radius 3 is 3.20 bits per heavy atom. The van der Waals surface area contributed by atoms with Gasteiger partial charge in [-0.25, -0.2) is 0 Å². The Morgan fingerprint density at radius 1 is 1.33 bits per heavy atom. The molecule has 0 radical (unpaired) electrons. The number of hydrogen-bond acceptors (Lipinski definition) is 3. The molecule has 0 amide bonds. The topological polar surface area (TPSA) is 24.9 Å². The minimum atomic E-state index is 0.293. The molecule has 0 saturated carbocycles. The smallest absolute Gasteiger partial charge is 0.0762 e. The highest BCUT2D eigenvalue weighted by Crippen LogP contribution is 2.30. The van der Waals surface area contributed by atoms with Gasteiger partial charge in [-0.05, 0) is 35.6 Å². The Bertz CT molecular complexity index is 450. The first-order valence-electron chi connectivity index (χ1n) is 5.16. The van der Waals surface area contributed by atoms with Gasteiger partial charge in [0, 0.05) is 17.6 Å². The summed E-state index contributed by atoms with van der Waals surface area (Å²) in [6.07, 6.45) is 3.01. The van der Waals surface area contributed by atoms with Crippen LogP contribution < -0.4 is 5.32 Å². The molecule has 3 heterocycles. The maximum atomic E-state index is 4.42. The van der Waals surface area contributed by atoms with Gasteiger partial charge in [0.1, 0.15) is 0 Å². The molecule has 15 heavy (non-hydrogen) atoms. The fraction of sp³-hybridized carbons (Fsp3) is 0.250. The van der Waals surface area contributed by atoms with Gasteiger partial charge in [-0.1, -0.05) is 6.07 Å². The van der Waals surface area contributed by atoms with Crippen LogP contribution in [0, 0.1) is 0 Å². The highest BCUT2D eigenvalue weighted by Gasteiger charge is 2.22. The lowest BCUT2D eigenvalue weighted by atomic mass is 9.99.